The van der Waals surface area contributed by atoms with E-state index in [4.69, 9.17) is 0 Å². The molecule has 4 heteroatoms. The van der Waals surface area contributed by atoms with Crippen LogP contribution in [0.25, 0.3) is 0 Å². The van der Waals surface area contributed by atoms with Crippen molar-refractivity contribution >= 4 is 11.6 Å². The Morgan fingerprint density at radius 3 is 2.89 bits per heavy atom. The average molecular weight is 261 g/mol. The van der Waals surface area contributed by atoms with Crippen LogP contribution in [0.3, 0.4) is 0 Å². The van der Waals surface area contributed by atoms with Crippen LogP contribution in [0, 0.1) is 6.92 Å². The van der Waals surface area contributed by atoms with Gasteiger partial charge in [0, 0.05) is 25.3 Å². The Kier molecular flexibility index (Phi) is 4.43. The molecule has 0 bridgehead atoms. The van der Waals surface area contributed by atoms with Gasteiger partial charge in [-0.1, -0.05) is 11.6 Å². The number of hydrogen-bond acceptors (Lipinski definition) is 3. The molecule has 1 unspecified atom stereocenters. The molecule has 1 aromatic carbocycles. The second-order valence-corrected chi connectivity index (χ2v) is 5.29. The van der Waals surface area contributed by atoms with Crippen LogP contribution < -0.4 is 10.6 Å². The maximum absolute atomic E-state index is 12.3. The van der Waals surface area contributed by atoms with Crippen LogP contribution in [0.5, 0.6) is 0 Å². The normalized spacial score (nSPS) is 19.4. The molecule has 19 heavy (non-hydrogen) atoms. The molecular weight excluding hydrogens is 238 g/mol. The Balaban J connectivity index is 2.01. The zero-order valence-electron chi connectivity index (χ0n) is 12.0. The Bertz CT molecular complexity index is 459. The van der Waals surface area contributed by atoms with Gasteiger partial charge < -0.3 is 15.5 Å². The van der Waals surface area contributed by atoms with Crippen LogP contribution in [-0.4, -0.2) is 44.0 Å². The van der Waals surface area contributed by atoms with Gasteiger partial charge in [-0.15, -0.1) is 0 Å². The lowest BCUT2D eigenvalue weighted by atomic mass is 10.1. The summed E-state index contributed by atoms with van der Waals surface area (Å²) in [6.45, 7) is 3.86. The topological polar surface area (TPSA) is 44.4 Å². The average Bonchev–Trinajstić information content (AvgIpc) is 2.81. The summed E-state index contributed by atoms with van der Waals surface area (Å²) in [6.07, 6.45) is 2.40. The fraction of sp³-hybridized carbons (Fsp3) is 0.533. The maximum Gasteiger partial charge on any atom is 0.253 e. The molecule has 2 rings (SSSR count). The van der Waals surface area contributed by atoms with Crippen molar-refractivity contribution < 1.29 is 4.79 Å². The third-order valence-electron chi connectivity index (χ3n) is 3.86. The Labute approximate surface area is 115 Å². The SMILES string of the molecule is CNc1ccc(C)cc1C(=O)NCC1CCCN1C. The van der Waals surface area contributed by atoms with Gasteiger partial charge in [-0.05, 0) is 45.5 Å². The van der Waals surface area contributed by atoms with E-state index in [1.54, 1.807) is 0 Å². The number of nitrogens with zero attached hydrogens (tertiary/aromatic N) is 1. The number of aryl methyl sites for hydroxylation is 1. The van der Waals surface area contributed by atoms with E-state index in [1.807, 2.05) is 32.2 Å². The molecule has 0 radical (unpaired) electrons. The van der Waals surface area contributed by atoms with Crippen LogP contribution in [-0.2, 0) is 0 Å². The number of carbonyl (C=O) groups is 1. The summed E-state index contributed by atoms with van der Waals surface area (Å²) < 4.78 is 0. The Morgan fingerprint density at radius 2 is 2.26 bits per heavy atom. The highest BCUT2D eigenvalue weighted by Gasteiger charge is 2.21. The molecule has 0 aromatic heterocycles. The van der Waals surface area contributed by atoms with E-state index in [0.29, 0.717) is 6.04 Å². The summed E-state index contributed by atoms with van der Waals surface area (Å²) in [5.74, 6) is 0.00773. The van der Waals surface area contributed by atoms with Gasteiger partial charge in [-0.3, -0.25) is 4.79 Å². The molecule has 0 spiro atoms. The fourth-order valence-corrected chi connectivity index (χ4v) is 2.61. The van der Waals surface area contributed by atoms with E-state index in [-0.39, 0.29) is 5.91 Å². The molecule has 1 heterocycles. The molecule has 1 aliphatic heterocycles. The highest BCUT2D eigenvalue weighted by molar-refractivity contribution is 5.99. The van der Waals surface area contributed by atoms with Crippen molar-refractivity contribution in [1.29, 1.82) is 0 Å². The largest absolute Gasteiger partial charge is 0.387 e. The zero-order valence-corrected chi connectivity index (χ0v) is 12.0. The van der Waals surface area contributed by atoms with E-state index in [2.05, 4.69) is 22.6 Å². The zero-order chi connectivity index (χ0) is 13.8. The third-order valence-corrected chi connectivity index (χ3v) is 3.86. The highest BCUT2D eigenvalue weighted by atomic mass is 16.1. The smallest absolute Gasteiger partial charge is 0.253 e. The second kappa shape index (κ2) is 6.06. The number of carbonyl (C=O) groups excluding carboxylic acids is 1. The molecule has 1 saturated heterocycles. The van der Waals surface area contributed by atoms with E-state index >= 15 is 0 Å². The van der Waals surface area contributed by atoms with Crippen molar-refractivity contribution in [2.45, 2.75) is 25.8 Å². The third kappa shape index (κ3) is 3.26. The van der Waals surface area contributed by atoms with Crippen molar-refractivity contribution in [2.24, 2.45) is 0 Å². The van der Waals surface area contributed by atoms with Gasteiger partial charge in [0.05, 0.1) is 5.56 Å². The number of hydrogen-bond donors (Lipinski definition) is 2. The van der Waals surface area contributed by atoms with E-state index < -0.39 is 0 Å². The highest BCUT2D eigenvalue weighted by Crippen LogP contribution is 2.17. The van der Waals surface area contributed by atoms with Crippen LogP contribution in [0.4, 0.5) is 5.69 Å². The lowest BCUT2D eigenvalue weighted by Gasteiger charge is -2.20. The van der Waals surface area contributed by atoms with Crippen LogP contribution in [0.1, 0.15) is 28.8 Å². The molecule has 2 N–H and O–H groups in total. The first-order chi connectivity index (χ1) is 9.11. The van der Waals surface area contributed by atoms with Gasteiger partial charge in [0.15, 0.2) is 0 Å². The van der Waals surface area contributed by atoms with E-state index in [0.717, 1.165) is 29.9 Å². The lowest BCUT2D eigenvalue weighted by Crippen LogP contribution is -2.38. The summed E-state index contributed by atoms with van der Waals surface area (Å²) in [5.41, 5.74) is 2.70. The van der Waals surface area contributed by atoms with Crippen LogP contribution in [0.2, 0.25) is 0 Å². The van der Waals surface area contributed by atoms with Gasteiger partial charge >= 0.3 is 0 Å². The number of nitrogens with one attached hydrogen (secondary N) is 2. The number of rotatable bonds is 4. The summed E-state index contributed by atoms with van der Waals surface area (Å²) in [4.78, 5) is 14.6. The molecule has 0 saturated carbocycles. The number of likely N-dealkylation sites (tertiary alicyclic amines) is 1. The molecule has 1 fully saturated rings. The van der Waals surface area contributed by atoms with Gasteiger partial charge in [0.1, 0.15) is 0 Å². The van der Waals surface area contributed by atoms with Gasteiger partial charge in [-0.25, -0.2) is 0 Å². The predicted molar refractivity (Wildman–Crippen MR) is 78.7 cm³/mol. The lowest BCUT2D eigenvalue weighted by molar-refractivity contribution is 0.0944. The minimum Gasteiger partial charge on any atom is -0.387 e. The van der Waals surface area contributed by atoms with E-state index in [9.17, 15) is 4.79 Å². The van der Waals surface area contributed by atoms with Crippen molar-refractivity contribution in [3.63, 3.8) is 0 Å². The summed E-state index contributed by atoms with van der Waals surface area (Å²) in [7, 11) is 3.96. The molecule has 1 aliphatic rings. The molecule has 4 nitrogen and oxygen atoms in total. The summed E-state index contributed by atoms with van der Waals surface area (Å²) in [6, 6.07) is 6.37. The van der Waals surface area contributed by atoms with Crippen molar-refractivity contribution in [1.82, 2.24) is 10.2 Å². The number of likely N-dealkylation sites (N-methyl/N-ethyl adjacent to an activating group) is 1. The molecule has 1 amide bonds. The predicted octanol–water partition coefficient (Wildman–Crippen LogP) is 1.86. The molecular formula is C15H23N3O. The van der Waals surface area contributed by atoms with Gasteiger partial charge in [-0.2, -0.15) is 0 Å². The maximum atomic E-state index is 12.3. The first-order valence-corrected chi connectivity index (χ1v) is 6.88. The Morgan fingerprint density at radius 1 is 1.47 bits per heavy atom. The minimum absolute atomic E-state index is 0.00773. The summed E-state index contributed by atoms with van der Waals surface area (Å²) in [5, 5.41) is 6.12. The van der Waals surface area contributed by atoms with Crippen LogP contribution >= 0.6 is 0 Å². The van der Waals surface area contributed by atoms with Crippen LogP contribution in [0.15, 0.2) is 18.2 Å². The monoisotopic (exact) mass is 261 g/mol. The van der Waals surface area contributed by atoms with Gasteiger partial charge in [0.2, 0.25) is 0 Å². The minimum atomic E-state index is 0.00773. The molecule has 1 aromatic rings. The number of benzene rings is 1. The molecule has 1 atom stereocenters. The van der Waals surface area contributed by atoms with Crippen molar-refractivity contribution in [2.75, 3.05) is 32.5 Å². The quantitative estimate of drug-likeness (QED) is 0.869. The molecule has 0 aliphatic carbocycles. The van der Waals surface area contributed by atoms with E-state index in [1.165, 1.54) is 12.8 Å². The van der Waals surface area contributed by atoms with Crippen molar-refractivity contribution in [3.05, 3.63) is 29.3 Å². The van der Waals surface area contributed by atoms with Crippen molar-refractivity contribution in [3.8, 4) is 0 Å². The number of amides is 1. The standard InChI is InChI=1S/C15H23N3O/c1-11-6-7-14(16-2)13(9-11)15(19)17-10-12-5-4-8-18(12)3/h6-7,9,12,16H,4-5,8,10H2,1-3H3,(H,17,19). The summed E-state index contributed by atoms with van der Waals surface area (Å²) >= 11 is 0. The van der Waals surface area contributed by atoms with Gasteiger partial charge in [0.25, 0.3) is 5.91 Å². The Hall–Kier alpha value is -1.55. The molecule has 104 valence electrons. The first kappa shape index (κ1) is 13.9. The number of anilines is 1. The fourth-order valence-electron chi connectivity index (χ4n) is 2.61. The second-order valence-electron chi connectivity index (χ2n) is 5.29. The first-order valence-electron chi connectivity index (χ1n) is 6.88.